The van der Waals surface area contributed by atoms with Crippen molar-refractivity contribution in [3.63, 3.8) is 0 Å². The van der Waals surface area contributed by atoms with Gasteiger partial charge in [-0.15, -0.1) is 0 Å². The molecule has 1 aliphatic carbocycles. The van der Waals surface area contributed by atoms with Gasteiger partial charge in [-0.05, 0) is 68.6 Å². The average molecular weight is 473 g/mol. The maximum atomic E-state index is 12.9. The molecule has 2 saturated heterocycles. The number of aliphatic hydroxyl groups is 2. The van der Waals surface area contributed by atoms with E-state index in [2.05, 4.69) is 11.0 Å². The molecular weight excluding hydrogens is 432 g/mol. The first kappa shape index (κ1) is 25.1. The molecule has 188 valence electrons. The fourth-order valence-corrected chi connectivity index (χ4v) is 6.65. The molecule has 7 heteroatoms. The van der Waals surface area contributed by atoms with E-state index in [9.17, 15) is 19.8 Å². The topological polar surface area (TPSA) is 90.3 Å². The molecule has 2 unspecified atom stereocenters. The number of benzene rings is 1. The number of carbonyl (C=O) groups excluding carboxylic acids is 2. The first-order chi connectivity index (χ1) is 16.5. The molecule has 2 N–H and O–H groups in total. The lowest BCUT2D eigenvalue weighted by Crippen LogP contribution is -2.53. The third-order valence-corrected chi connectivity index (χ3v) is 8.41. The lowest BCUT2D eigenvalue weighted by Gasteiger charge is -2.46. The summed E-state index contributed by atoms with van der Waals surface area (Å²) in [6.45, 7) is 1.38. The summed E-state index contributed by atoms with van der Waals surface area (Å²) in [4.78, 5) is 29.5. The second-order valence-electron chi connectivity index (χ2n) is 10.4. The van der Waals surface area contributed by atoms with Gasteiger partial charge in [0.2, 0.25) is 0 Å². The lowest BCUT2D eigenvalue weighted by molar-refractivity contribution is -0.143. The Morgan fingerprint density at radius 2 is 1.94 bits per heavy atom. The number of ether oxygens (including phenoxy) is 1. The second kappa shape index (κ2) is 11.2. The highest BCUT2D eigenvalue weighted by atomic mass is 16.5. The van der Waals surface area contributed by atoms with E-state index in [0.717, 1.165) is 57.1 Å². The number of carbonyl (C=O) groups is 2. The molecule has 3 fully saturated rings. The van der Waals surface area contributed by atoms with Crippen LogP contribution >= 0.6 is 0 Å². The molecule has 1 amide bonds. The Labute approximate surface area is 203 Å². The average Bonchev–Trinajstić information content (AvgIpc) is 3.08. The highest BCUT2D eigenvalue weighted by molar-refractivity contribution is 5.89. The standard InChI is InChI=1S/C27H40N2O5/c1-34-26(33)21-9-5-10-22(17-21)27-13-6-11-23(12-14-27)29(27)16-15-28(25(32)24(31)19-30)18-20-7-3-2-4-8-20/h5,9-10,17,20,23-24,30-31H,2-4,6-8,11-16,18-19H2,1H3/t23?,24-,27?/m0/s1. The van der Waals surface area contributed by atoms with Crippen LogP contribution in [0.2, 0.25) is 0 Å². The number of hydrogen-bond donors (Lipinski definition) is 2. The van der Waals surface area contributed by atoms with Gasteiger partial charge in [-0.3, -0.25) is 9.69 Å². The number of nitrogens with zero attached hydrogens (tertiary/aromatic N) is 2. The smallest absolute Gasteiger partial charge is 0.337 e. The maximum absolute atomic E-state index is 12.9. The summed E-state index contributed by atoms with van der Waals surface area (Å²) in [7, 11) is 1.41. The monoisotopic (exact) mass is 472 g/mol. The van der Waals surface area contributed by atoms with Crippen molar-refractivity contribution in [2.24, 2.45) is 5.92 Å². The Bertz CT molecular complexity index is 851. The largest absolute Gasteiger partial charge is 0.465 e. The van der Waals surface area contributed by atoms with Crippen molar-refractivity contribution in [2.75, 3.05) is 33.4 Å². The van der Waals surface area contributed by atoms with Crippen molar-refractivity contribution in [1.29, 1.82) is 0 Å². The molecule has 3 atom stereocenters. The maximum Gasteiger partial charge on any atom is 0.337 e. The molecule has 7 nitrogen and oxygen atoms in total. The summed E-state index contributed by atoms with van der Waals surface area (Å²) < 4.78 is 4.95. The molecule has 0 spiro atoms. The van der Waals surface area contributed by atoms with E-state index in [1.807, 2.05) is 12.1 Å². The number of rotatable bonds is 9. The van der Waals surface area contributed by atoms with Crippen molar-refractivity contribution in [2.45, 2.75) is 81.9 Å². The molecule has 1 aromatic rings. The van der Waals surface area contributed by atoms with Gasteiger partial charge in [0.1, 0.15) is 0 Å². The van der Waals surface area contributed by atoms with Crippen LogP contribution in [0.5, 0.6) is 0 Å². The molecule has 2 heterocycles. The zero-order valence-corrected chi connectivity index (χ0v) is 20.5. The predicted molar refractivity (Wildman–Crippen MR) is 129 cm³/mol. The van der Waals surface area contributed by atoms with Crippen molar-refractivity contribution < 1.29 is 24.5 Å². The van der Waals surface area contributed by atoms with Gasteiger partial charge in [0.25, 0.3) is 5.91 Å². The van der Waals surface area contributed by atoms with Gasteiger partial charge in [-0.2, -0.15) is 0 Å². The first-order valence-electron chi connectivity index (χ1n) is 13.0. The molecule has 4 rings (SSSR count). The second-order valence-corrected chi connectivity index (χ2v) is 10.4. The summed E-state index contributed by atoms with van der Waals surface area (Å²) >= 11 is 0. The predicted octanol–water partition coefficient (Wildman–Crippen LogP) is 3.08. The van der Waals surface area contributed by atoms with Crippen LogP contribution in [-0.4, -0.2) is 77.4 Å². The van der Waals surface area contributed by atoms with Crippen molar-refractivity contribution in [1.82, 2.24) is 9.80 Å². The Kier molecular flexibility index (Phi) is 8.27. The quantitative estimate of drug-likeness (QED) is 0.537. The van der Waals surface area contributed by atoms with E-state index in [1.165, 1.54) is 26.4 Å². The van der Waals surface area contributed by atoms with Crippen LogP contribution < -0.4 is 0 Å². The van der Waals surface area contributed by atoms with Crippen LogP contribution in [0.4, 0.5) is 0 Å². The molecule has 34 heavy (non-hydrogen) atoms. The summed E-state index contributed by atoms with van der Waals surface area (Å²) in [6.07, 6.45) is 10.0. The van der Waals surface area contributed by atoms with Crippen LogP contribution in [0.1, 0.15) is 80.1 Å². The number of hydrogen-bond acceptors (Lipinski definition) is 6. The minimum atomic E-state index is -1.35. The summed E-state index contributed by atoms with van der Waals surface area (Å²) in [5.41, 5.74) is 1.59. The minimum absolute atomic E-state index is 0.137. The van der Waals surface area contributed by atoms with E-state index in [1.54, 1.807) is 11.0 Å². The molecule has 0 radical (unpaired) electrons. The molecule has 0 aromatic heterocycles. The fraction of sp³-hybridized carbons (Fsp3) is 0.704. The SMILES string of the molecule is COC(=O)c1cccc(C23CCCC(CC2)N3CCN(CC2CCCCC2)C(=O)[C@@H](O)CO)c1. The van der Waals surface area contributed by atoms with Gasteiger partial charge >= 0.3 is 5.97 Å². The van der Waals surface area contributed by atoms with Crippen LogP contribution in [0.3, 0.4) is 0 Å². The Morgan fingerprint density at radius 1 is 1.15 bits per heavy atom. The molecule has 2 bridgehead atoms. The fourth-order valence-electron chi connectivity index (χ4n) is 6.65. The third kappa shape index (κ3) is 5.16. The van der Waals surface area contributed by atoms with E-state index in [4.69, 9.17) is 4.74 Å². The van der Waals surface area contributed by atoms with Crippen molar-refractivity contribution in [3.05, 3.63) is 35.4 Å². The third-order valence-electron chi connectivity index (χ3n) is 8.41. The van der Waals surface area contributed by atoms with Crippen LogP contribution in [0, 0.1) is 5.92 Å². The van der Waals surface area contributed by atoms with Gasteiger partial charge < -0.3 is 19.8 Å². The zero-order chi connectivity index (χ0) is 24.1. The molecule has 3 aliphatic rings. The van der Waals surface area contributed by atoms with E-state index >= 15 is 0 Å². The zero-order valence-electron chi connectivity index (χ0n) is 20.5. The molecule has 1 saturated carbocycles. The van der Waals surface area contributed by atoms with Crippen LogP contribution in [0.15, 0.2) is 24.3 Å². The van der Waals surface area contributed by atoms with E-state index in [0.29, 0.717) is 30.6 Å². The minimum Gasteiger partial charge on any atom is -0.465 e. The normalized spacial score (nSPS) is 26.3. The number of methoxy groups -OCH3 is 1. The summed E-state index contributed by atoms with van der Waals surface area (Å²) in [6, 6.07) is 8.30. The Morgan fingerprint density at radius 3 is 2.68 bits per heavy atom. The highest BCUT2D eigenvalue weighted by Crippen LogP contribution is 2.50. The number of aliphatic hydroxyl groups excluding tert-OH is 2. The van der Waals surface area contributed by atoms with Gasteiger partial charge in [0.15, 0.2) is 6.10 Å². The summed E-state index contributed by atoms with van der Waals surface area (Å²) in [5.74, 6) is -0.219. The molecule has 1 aromatic carbocycles. The molecule has 2 aliphatic heterocycles. The summed E-state index contributed by atoms with van der Waals surface area (Å²) in [5, 5.41) is 19.5. The van der Waals surface area contributed by atoms with Crippen molar-refractivity contribution >= 4 is 11.9 Å². The highest BCUT2D eigenvalue weighted by Gasteiger charge is 2.49. The number of fused-ring (bicyclic) bond motifs is 2. The molecular formula is C27H40N2O5. The number of esters is 1. The van der Waals surface area contributed by atoms with E-state index < -0.39 is 12.7 Å². The number of amides is 1. The van der Waals surface area contributed by atoms with Gasteiger partial charge in [0.05, 0.1) is 19.3 Å². The van der Waals surface area contributed by atoms with Crippen molar-refractivity contribution in [3.8, 4) is 0 Å². The van der Waals surface area contributed by atoms with Crippen LogP contribution in [0.25, 0.3) is 0 Å². The Balaban J connectivity index is 1.54. The first-order valence-corrected chi connectivity index (χ1v) is 13.0. The van der Waals surface area contributed by atoms with Gasteiger partial charge in [-0.1, -0.05) is 31.4 Å². The lowest BCUT2D eigenvalue weighted by atomic mass is 9.81. The Hall–Kier alpha value is -1.96. The van der Waals surface area contributed by atoms with Crippen LogP contribution in [-0.2, 0) is 15.1 Å². The number of piperidine rings is 1. The van der Waals surface area contributed by atoms with E-state index in [-0.39, 0.29) is 17.4 Å². The van der Waals surface area contributed by atoms with Gasteiger partial charge in [-0.25, -0.2) is 4.79 Å². The van der Waals surface area contributed by atoms with Gasteiger partial charge in [0, 0.05) is 31.2 Å².